The van der Waals surface area contributed by atoms with Crippen LogP contribution in [0.4, 0.5) is 0 Å². The molecule has 0 aromatic carbocycles. The van der Waals surface area contributed by atoms with E-state index in [4.69, 9.17) is 4.74 Å². The van der Waals surface area contributed by atoms with Crippen molar-refractivity contribution < 1.29 is 14.9 Å². The van der Waals surface area contributed by atoms with Gasteiger partial charge in [-0.2, -0.15) is 0 Å². The molecule has 11 atom stereocenters. The number of piperidine rings is 1. The molecule has 4 nitrogen and oxygen atoms in total. The van der Waals surface area contributed by atoms with E-state index in [9.17, 15) is 10.2 Å². The van der Waals surface area contributed by atoms with Gasteiger partial charge in [0.05, 0.1) is 18.3 Å². The summed E-state index contributed by atoms with van der Waals surface area (Å²) in [4.78, 5) is 2.75. The molecule has 7 bridgehead atoms. The molecule has 2 spiro atoms. The van der Waals surface area contributed by atoms with Crippen LogP contribution in [0.25, 0.3) is 0 Å². The van der Waals surface area contributed by atoms with Gasteiger partial charge >= 0.3 is 0 Å². The maximum Gasteiger partial charge on any atom is 0.0813 e. The minimum atomic E-state index is -0.444. The molecule has 1 aliphatic heterocycles. The van der Waals surface area contributed by atoms with E-state index >= 15 is 0 Å². The Bertz CT molecular complexity index is 710. The lowest BCUT2D eigenvalue weighted by Gasteiger charge is -2.66. The molecule has 5 saturated carbocycles. The van der Waals surface area contributed by atoms with Crippen LogP contribution in [0.1, 0.15) is 46.0 Å². The zero-order valence-electron chi connectivity index (χ0n) is 17.0. The van der Waals surface area contributed by atoms with Crippen molar-refractivity contribution in [3.05, 3.63) is 12.2 Å². The van der Waals surface area contributed by atoms with Gasteiger partial charge in [-0.3, -0.25) is 4.90 Å². The molecule has 1 heterocycles. The largest absolute Gasteiger partial charge is 0.392 e. The number of aliphatic hydroxyl groups excluding tert-OH is 2. The first-order chi connectivity index (χ1) is 12.9. The lowest BCUT2D eigenvalue weighted by atomic mass is 9.43. The van der Waals surface area contributed by atoms with Gasteiger partial charge in [0.2, 0.25) is 0 Å². The van der Waals surface area contributed by atoms with E-state index in [1.165, 1.54) is 19.4 Å². The topological polar surface area (TPSA) is 52.9 Å². The van der Waals surface area contributed by atoms with Crippen molar-refractivity contribution in [1.82, 2.24) is 4.90 Å². The quantitative estimate of drug-likeness (QED) is 0.730. The average Bonchev–Trinajstić information content (AvgIpc) is 3.16. The highest BCUT2D eigenvalue weighted by Gasteiger charge is 2.85. The molecule has 0 amide bonds. The van der Waals surface area contributed by atoms with Gasteiger partial charge in [0.25, 0.3) is 0 Å². The molecule has 2 N–H and O–H groups in total. The van der Waals surface area contributed by atoms with Crippen molar-refractivity contribution in [2.24, 2.45) is 39.9 Å². The molecule has 0 aromatic rings. The van der Waals surface area contributed by atoms with E-state index in [0.717, 1.165) is 31.4 Å². The molecule has 1 saturated heterocycles. The fourth-order valence-electron chi connectivity index (χ4n) is 10.3. The summed E-state index contributed by atoms with van der Waals surface area (Å²) >= 11 is 0. The van der Waals surface area contributed by atoms with Crippen molar-refractivity contribution in [3.63, 3.8) is 0 Å². The van der Waals surface area contributed by atoms with Gasteiger partial charge in [0.1, 0.15) is 0 Å². The third-order valence-electron chi connectivity index (χ3n) is 10.8. The van der Waals surface area contributed by atoms with Crippen LogP contribution in [0, 0.1) is 39.9 Å². The molecule has 4 heteroatoms. The monoisotopic (exact) mass is 373 g/mol. The highest BCUT2D eigenvalue weighted by Crippen LogP contribution is 2.83. The highest BCUT2D eigenvalue weighted by molar-refractivity contribution is 5.39. The third-order valence-corrected chi connectivity index (χ3v) is 10.8. The van der Waals surface area contributed by atoms with E-state index in [1.807, 2.05) is 7.11 Å². The fourth-order valence-corrected chi connectivity index (χ4v) is 10.3. The van der Waals surface area contributed by atoms with Gasteiger partial charge in [-0.05, 0) is 67.4 Å². The molecule has 0 radical (unpaired) electrons. The number of rotatable bonds is 2. The zero-order chi connectivity index (χ0) is 18.9. The Labute approximate surface area is 163 Å². The SMILES string of the molecule is C=C1C2CC3(C1O)C1CC4C5(C)CCC(OC)C4(C1N(CC)C5)C3CC2O. The van der Waals surface area contributed by atoms with Crippen LogP contribution < -0.4 is 0 Å². The normalized spacial score (nSPS) is 63.5. The number of fused-ring (bicyclic) bond motifs is 1. The molecule has 6 fully saturated rings. The number of aliphatic hydroxyl groups is 2. The second kappa shape index (κ2) is 5.00. The van der Waals surface area contributed by atoms with E-state index in [-0.39, 0.29) is 29.0 Å². The second-order valence-corrected chi connectivity index (χ2v) is 11.1. The van der Waals surface area contributed by atoms with Gasteiger partial charge in [-0.15, -0.1) is 0 Å². The number of methoxy groups -OCH3 is 1. The van der Waals surface area contributed by atoms with Crippen molar-refractivity contribution in [1.29, 1.82) is 0 Å². The molecule has 6 aliphatic rings. The summed E-state index contributed by atoms with van der Waals surface area (Å²) in [5, 5.41) is 22.5. The maximum absolute atomic E-state index is 11.5. The molecule has 150 valence electrons. The Balaban J connectivity index is 1.61. The zero-order valence-corrected chi connectivity index (χ0v) is 17.0. The third kappa shape index (κ3) is 1.56. The van der Waals surface area contributed by atoms with Crippen LogP contribution in [0.5, 0.6) is 0 Å². The van der Waals surface area contributed by atoms with Crippen molar-refractivity contribution in [2.75, 3.05) is 20.2 Å². The minimum absolute atomic E-state index is 0.0745. The second-order valence-electron chi connectivity index (χ2n) is 11.1. The lowest BCUT2D eigenvalue weighted by molar-refractivity contribution is -0.224. The van der Waals surface area contributed by atoms with Gasteiger partial charge < -0.3 is 14.9 Å². The highest BCUT2D eigenvalue weighted by atomic mass is 16.5. The predicted molar refractivity (Wildman–Crippen MR) is 103 cm³/mol. The Morgan fingerprint density at radius 1 is 1.26 bits per heavy atom. The van der Waals surface area contributed by atoms with E-state index in [0.29, 0.717) is 29.2 Å². The Hall–Kier alpha value is -0.420. The number of hydrogen-bond donors (Lipinski definition) is 2. The van der Waals surface area contributed by atoms with Gasteiger partial charge in [0, 0.05) is 36.4 Å². The smallest absolute Gasteiger partial charge is 0.0813 e. The van der Waals surface area contributed by atoms with Crippen LogP contribution in [-0.4, -0.2) is 59.7 Å². The fraction of sp³-hybridized carbons (Fsp3) is 0.913. The summed E-state index contributed by atoms with van der Waals surface area (Å²) in [5.41, 5.74) is 1.28. The van der Waals surface area contributed by atoms with Crippen molar-refractivity contribution in [2.45, 2.75) is 70.3 Å². The van der Waals surface area contributed by atoms with Gasteiger partial charge in [-0.1, -0.05) is 20.4 Å². The number of nitrogens with zero attached hydrogens (tertiary/aromatic N) is 1. The Morgan fingerprint density at radius 2 is 2.04 bits per heavy atom. The first-order valence-electron chi connectivity index (χ1n) is 11.2. The van der Waals surface area contributed by atoms with E-state index < -0.39 is 6.10 Å². The van der Waals surface area contributed by atoms with Crippen LogP contribution in [0.2, 0.25) is 0 Å². The number of likely N-dealkylation sites (tertiary alicyclic amines) is 1. The minimum Gasteiger partial charge on any atom is -0.392 e. The summed E-state index contributed by atoms with van der Waals surface area (Å²) in [6.45, 7) is 11.4. The molecule has 0 aromatic heterocycles. The van der Waals surface area contributed by atoms with Gasteiger partial charge in [-0.25, -0.2) is 0 Å². The summed E-state index contributed by atoms with van der Waals surface area (Å²) in [6.07, 6.45) is 4.86. The molecular weight excluding hydrogens is 338 g/mol. The maximum atomic E-state index is 11.5. The molecule has 27 heavy (non-hydrogen) atoms. The standard InChI is InChI=1S/C23H35NO3/c1-5-24-11-21(3)7-6-18(27-4)23-16(21)8-14(19(23)24)22-10-13(12(2)20(22)26)15(25)9-17(22)23/h13-20,25-26H,2,5-11H2,1,3-4H3. The van der Waals surface area contributed by atoms with E-state index in [2.05, 4.69) is 25.3 Å². The summed E-state index contributed by atoms with van der Waals surface area (Å²) in [7, 11) is 1.90. The molecular formula is C23H35NO3. The first-order valence-corrected chi connectivity index (χ1v) is 11.2. The Morgan fingerprint density at radius 3 is 2.74 bits per heavy atom. The average molecular weight is 374 g/mol. The summed E-state index contributed by atoms with van der Waals surface area (Å²) < 4.78 is 6.25. The van der Waals surface area contributed by atoms with Gasteiger partial charge in [0.15, 0.2) is 0 Å². The first kappa shape index (κ1) is 17.4. The molecule has 11 unspecified atom stereocenters. The number of hydrogen-bond acceptors (Lipinski definition) is 4. The van der Waals surface area contributed by atoms with Crippen molar-refractivity contribution in [3.8, 4) is 0 Å². The van der Waals surface area contributed by atoms with Crippen LogP contribution >= 0.6 is 0 Å². The van der Waals surface area contributed by atoms with Crippen molar-refractivity contribution >= 4 is 0 Å². The number of ether oxygens (including phenoxy) is 1. The summed E-state index contributed by atoms with van der Waals surface area (Å²) in [5.74, 6) is 1.65. The van der Waals surface area contributed by atoms with Crippen LogP contribution in [0.15, 0.2) is 12.2 Å². The van der Waals surface area contributed by atoms with E-state index in [1.54, 1.807) is 0 Å². The Kier molecular flexibility index (Phi) is 3.23. The summed E-state index contributed by atoms with van der Waals surface area (Å²) in [6, 6.07) is 0.502. The van der Waals surface area contributed by atoms with Crippen LogP contribution in [0.3, 0.4) is 0 Å². The molecule has 6 rings (SSSR count). The predicted octanol–water partition coefficient (Wildman–Crippen LogP) is 2.45. The molecule has 5 aliphatic carbocycles. The lowest BCUT2D eigenvalue weighted by Crippen LogP contribution is -2.68. The van der Waals surface area contributed by atoms with Crippen LogP contribution in [-0.2, 0) is 4.74 Å².